The lowest BCUT2D eigenvalue weighted by Gasteiger charge is -2.14. The van der Waals surface area contributed by atoms with Gasteiger partial charge in [-0.05, 0) is 19.1 Å². The molecule has 5 nitrogen and oxygen atoms in total. The molecule has 0 aromatic heterocycles. The molecule has 1 aliphatic rings. The van der Waals surface area contributed by atoms with E-state index < -0.39 is 16.1 Å². The minimum atomic E-state index is -3.70. The predicted molar refractivity (Wildman–Crippen MR) is 58.3 cm³/mol. The first-order chi connectivity index (χ1) is 7.51. The van der Waals surface area contributed by atoms with Crippen LogP contribution in [0.3, 0.4) is 0 Å². The third-order valence-corrected chi connectivity index (χ3v) is 4.13. The van der Waals surface area contributed by atoms with Crippen LogP contribution in [0.15, 0.2) is 35.2 Å². The van der Waals surface area contributed by atoms with E-state index >= 15 is 0 Å². The van der Waals surface area contributed by atoms with Gasteiger partial charge in [-0.1, -0.05) is 18.2 Å². The average molecular weight is 240 g/mol. The molecule has 2 rings (SSSR count). The molecule has 1 aromatic rings. The number of rotatable bonds is 2. The molecule has 0 radical (unpaired) electrons. The lowest BCUT2D eigenvalue weighted by molar-refractivity contribution is 0.235. The second kappa shape index (κ2) is 3.79. The SMILES string of the molecule is CC1CN(S(=O)(=O)c2ccccc2)C(=O)N1. The van der Waals surface area contributed by atoms with Gasteiger partial charge in [0.25, 0.3) is 10.0 Å². The fraction of sp³-hybridized carbons (Fsp3) is 0.300. The molecule has 16 heavy (non-hydrogen) atoms. The zero-order chi connectivity index (χ0) is 11.8. The largest absolute Gasteiger partial charge is 0.333 e. The number of amides is 2. The monoisotopic (exact) mass is 240 g/mol. The van der Waals surface area contributed by atoms with Crippen LogP contribution in [0.25, 0.3) is 0 Å². The zero-order valence-electron chi connectivity index (χ0n) is 8.75. The first-order valence-corrected chi connectivity index (χ1v) is 6.34. The summed E-state index contributed by atoms with van der Waals surface area (Å²) >= 11 is 0. The number of nitrogens with zero attached hydrogens (tertiary/aromatic N) is 1. The van der Waals surface area contributed by atoms with Crippen LogP contribution in [0.4, 0.5) is 4.79 Å². The Morgan fingerprint density at radius 1 is 1.31 bits per heavy atom. The van der Waals surface area contributed by atoms with Crippen LogP contribution >= 0.6 is 0 Å². The molecule has 1 unspecified atom stereocenters. The molecule has 1 saturated heterocycles. The highest BCUT2D eigenvalue weighted by molar-refractivity contribution is 7.89. The summed E-state index contributed by atoms with van der Waals surface area (Å²) in [7, 11) is -3.70. The van der Waals surface area contributed by atoms with Crippen molar-refractivity contribution in [3.63, 3.8) is 0 Å². The number of carbonyl (C=O) groups is 1. The average Bonchev–Trinajstić information content (AvgIpc) is 2.60. The summed E-state index contributed by atoms with van der Waals surface area (Å²) in [6.45, 7) is 1.94. The zero-order valence-corrected chi connectivity index (χ0v) is 9.57. The molecule has 1 aliphatic heterocycles. The van der Waals surface area contributed by atoms with Crippen molar-refractivity contribution in [1.82, 2.24) is 9.62 Å². The Labute approximate surface area is 94.1 Å². The van der Waals surface area contributed by atoms with E-state index in [2.05, 4.69) is 5.32 Å². The van der Waals surface area contributed by atoms with Crippen LogP contribution in [0, 0.1) is 0 Å². The van der Waals surface area contributed by atoms with E-state index in [9.17, 15) is 13.2 Å². The van der Waals surface area contributed by atoms with Gasteiger partial charge in [0.1, 0.15) is 0 Å². The minimum Gasteiger partial charge on any atom is -0.333 e. The molecule has 1 N–H and O–H groups in total. The van der Waals surface area contributed by atoms with Crippen LogP contribution < -0.4 is 5.32 Å². The molecule has 86 valence electrons. The second-order valence-electron chi connectivity index (χ2n) is 3.70. The molecule has 0 bridgehead atoms. The highest BCUT2D eigenvalue weighted by Crippen LogP contribution is 2.18. The predicted octanol–water partition coefficient (Wildman–Crippen LogP) is 0.789. The summed E-state index contributed by atoms with van der Waals surface area (Å²) in [4.78, 5) is 11.6. The van der Waals surface area contributed by atoms with Crippen molar-refractivity contribution in [3.05, 3.63) is 30.3 Å². The maximum Gasteiger partial charge on any atom is 0.331 e. The molecule has 1 heterocycles. The maximum absolute atomic E-state index is 12.1. The number of urea groups is 1. The number of hydrogen-bond donors (Lipinski definition) is 1. The summed E-state index contributed by atoms with van der Waals surface area (Å²) < 4.78 is 25.0. The van der Waals surface area contributed by atoms with E-state index in [1.165, 1.54) is 12.1 Å². The van der Waals surface area contributed by atoms with Crippen LogP contribution in [0.2, 0.25) is 0 Å². The Bertz CT molecular complexity index is 498. The lowest BCUT2D eigenvalue weighted by Crippen LogP contribution is -2.34. The van der Waals surface area contributed by atoms with Gasteiger partial charge in [0, 0.05) is 6.04 Å². The molecular weight excluding hydrogens is 228 g/mol. The second-order valence-corrected chi connectivity index (χ2v) is 5.56. The summed E-state index contributed by atoms with van der Waals surface area (Å²) in [5.41, 5.74) is 0. The third kappa shape index (κ3) is 1.76. The van der Waals surface area contributed by atoms with Crippen LogP contribution in [0.1, 0.15) is 6.92 Å². The number of nitrogens with one attached hydrogen (secondary N) is 1. The number of hydrogen-bond acceptors (Lipinski definition) is 3. The van der Waals surface area contributed by atoms with Crippen molar-refractivity contribution in [1.29, 1.82) is 0 Å². The number of carbonyl (C=O) groups excluding carboxylic acids is 1. The molecule has 6 heteroatoms. The fourth-order valence-electron chi connectivity index (χ4n) is 1.59. The summed E-state index contributed by atoms with van der Waals surface area (Å²) in [6.07, 6.45) is 0. The third-order valence-electron chi connectivity index (χ3n) is 2.37. The molecule has 1 fully saturated rings. The summed E-state index contributed by atoms with van der Waals surface area (Å²) in [5.74, 6) is 0. The van der Waals surface area contributed by atoms with Gasteiger partial charge in [0.15, 0.2) is 0 Å². The Morgan fingerprint density at radius 2 is 1.94 bits per heavy atom. The molecule has 0 saturated carbocycles. The molecule has 0 spiro atoms. The minimum absolute atomic E-state index is 0.138. The highest BCUT2D eigenvalue weighted by Gasteiger charge is 2.35. The van der Waals surface area contributed by atoms with E-state index in [1.54, 1.807) is 25.1 Å². The Morgan fingerprint density at radius 3 is 2.44 bits per heavy atom. The fourth-order valence-corrected chi connectivity index (χ4v) is 3.03. The van der Waals surface area contributed by atoms with E-state index in [4.69, 9.17) is 0 Å². The molecule has 1 atom stereocenters. The van der Waals surface area contributed by atoms with Gasteiger partial charge in [-0.25, -0.2) is 17.5 Å². The van der Waals surface area contributed by atoms with Crippen molar-refractivity contribution in [2.45, 2.75) is 17.9 Å². The molecule has 0 aliphatic carbocycles. The van der Waals surface area contributed by atoms with Crippen molar-refractivity contribution in [2.75, 3.05) is 6.54 Å². The van der Waals surface area contributed by atoms with E-state index in [0.29, 0.717) is 0 Å². The van der Waals surface area contributed by atoms with Gasteiger partial charge in [0.05, 0.1) is 11.4 Å². The van der Waals surface area contributed by atoms with Gasteiger partial charge >= 0.3 is 6.03 Å². The van der Waals surface area contributed by atoms with E-state index in [0.717, 1.165) is 4.31 Å². The van der Waals surface area contributed by atoms with Crippen LogP contribution in [0.5, 0.6) is 0 Å². The first kappa shape index (κ1) is 10.9. The number of benzene rings is 1. The topological polar surface area (TPSA) is 66.5 Å². The molecule has 1 aromatic carbocycles. The van der Waals surface area contributed by atoms with Gasteiger partial charge in [-0.3, -0.25) is 0 Å². The Balaban J connectivity index is 2.37. The molecule has 2 amide bonds. The van der Waals surface area contributed by atoms with Gasteiger partial charge in [-0.15, -0.1) is 0 Å². The van der Waals surface area contributed by atoms with Crippen LogP contribution in [-0.4, -0.2) is 31.3 Å². The van der Waals surface area contributed by atoms with Crippen molar-refractivity contribution < 1.29 is 13.2 Å². The standard InChI is InChI=1S/C10H12N2O3S/c1-8-7-12(10(13)11-8)16(14,15)9-5-3-2-4-6-9/h2-6,8H,7H2,1H3,(H,11,13). The van der Waals surface area contributed by atoms with Gasteiger partial charge in [-0.2, -0.15) is 0 Å². The Kier molecular flexibility index (Phi) is 2.59. The normalized spacial score (nSPS) is 20.9. The highest BCUT2D eigenvalue weighted by atomic mass is 32.2. The van der Waals surface area contributed by atoms with E-state index in [-0.39, 0.29) is 17.5 Å². The van der Waals surface area contributed by atoms with E-state index in [1.807, 2.05) is 0 Å². The first-order valence-electron chi connectivity index (χ1n) is 4.90. The van der Waals surface area contributed by atoms with Crippen molar-refractivity contribution in [2.24, 2.45) is 0 Å². The van der Waals surface area contributed by atoms with Gasteiger partial charge in [0.2, 0.25) is 0 Å². The maximum atomic E-state index is 12.1. The van der Waals surface area contributed by atoms with Gasteiger partial charge < -0.3 is 5.32 Å². The quantitative estimate of drug-likeness (QED) is 0.831. The Hall–Kier alpha value is -1.56. The lowest BCUT2D eigenvalue weighted by atomic mass is 10.4. The van der Waals surface area contributed by atoms with Crippen molar-refractivity contribution in [3.8, 4) is 0 Å². The smallest absolute Gasteiger partial charge is 0.331 e. The van der Waals surface area contributed by atoms with Crippen LogP contribution in [-0.2, 0) is 10.0 Å². The molecular formula is C10H12N2O3S. The summed E-state index contributed by atoms with van der Waals surface area (Å²) in [6, 6.07) is 7.24. The van der Waals surface area contributed by atoms with Crippen molar-refractivity contribution >= 4 is 16.1 Å². The number of sulfonamides is 1. The summed E-state index contributed by atoms with van der Waals surface area (Å²) in [5, 5.41) is 2.55.